The van der Waals surface area contributed by atoms with Crippen LogP contribution in [0.2, 0.25) is 10.0 Å². The maximum atomic E-state index is 11.2. The Morgan fingerprint density at radius 2 is 2.20 bits per heavy atom. The zero-order chi connectivity index (χ0) is 14.7. The lowest BCUT2D eigenvalue weighted by molar-refractivity contribution is 0.0694. The van der Waals surface area contributed by atoms with Crippen molar-refractivity contribution in [1.82, 2.24) is 4.90 Å². The minimum absolute atomic E-state index is 0.0304. The van der Waals surface area contributed by atoms with Gasteiger partial charge < -0.3 is 14.7 Å². The van der Waals surface area contributed by atoms with E-state index in [-0.39, 0.29) is 12.0 Å². The predicted octanol–water partition coefficient (Wildman–Crippen LogP) is 3.89. The standard InChI is InChI=1S/C13H14Cl2INO3/c14-10-2-1-8(5-11(10)15)9-7-17(13(18)19)3-4-20-12(9)6-16/h1-2,5,9,12H,3-4,6-7H2,(H,18,19). The van der Waals surface area contributed by atoms with E-state index in [4.69, 9.17) is 27.9 Å². The molecule has 0 aliphatic carbocycles. The van der Waals surface area contributed by atoms with Crippen LogP contribution in [-0.2, 0) is 4.74 Å². The van der Waals surface area contributed by atoms with Crippen molar-refractivity contribution in [3.63, 3.8) is 0 Å². The minimum atomic E-state index is -0.923. The fraction of sp³-hybridized carbons (Fsp3) is 0.462. The third-order valence-electron chi connectivity index (χ3n) is 3.35. The second-order valence-corrected chi connectivity index (χ2v) is 6.27. The number of hydrogen-bond donors (Lipinski definition) is 1. The molecule has 110 valence electrons. The fourth-order valence-electron chi connectivity index (χ4n) is 2.27. The summed E-state index contributed by atoms with van der Waals surface area (Å²) < 4.78 is 6.57. The molecule has 1 aromatic carbocycles. The van der Waals surface area contributed by atoms with Gasteiger partial charge in [-0.25, -0.2) is 4.79 Å². The molecule has 2 unspecified atom stereocenters. The van der Waals surface area contributed by atoms with Gasteiger partial charge in [0.25, 0.3) is 0 Å². The molecule has 1 fully saturated rings. The van der Waals surface area contributed by atoms with Crippen LogP contribution in [0, 0.1) is 0 Å². The fourth-order valence-corrected chi connectivity index (χ4v) is 3.44. The van der Waals surface area contributed by atoms with E-state index in [0.29, 0.717) is 29.7 Å². The zero-order valence-electron chi connectivity index (χ0n) is 10.6. The largest absolute Gasteiger partial charge is 0.465 e. The Hall–Kier alpha value is -0.240. The summed E-state index contributed by atoms with van der Waals surface area (Å²) >= 11 is 14.2. The molecule has 7 heteroatoms. The molecule has 4 nitrogen and oxygen atoms in total. The number of halogens is 3. The third kappa shape index (κ3) is 3.69. The third-order valence-corrected chi connectivity index (χ3v) is 4.96. The molecule has 20 heavy (non-hydrogen) atoms. The van der Waals surface area contributed by atoms with Crippen LogP contribution in [0.4, 0.5) is 4.79 Å². The number of carboxylic acid groups (broad SMARTS) is 1. The quantitative estimate of drug-likeness (QED) is 0.573. The van der Waals surface area contributed by atoms with E-state index in [9.17, 15) is 9.90 Å². The lowest BCUT2D eigenvalue weighted by atomic mass is 9.94. The van der Waals surface area contributed by atoms with Gasteiger partial charge in [0, 0.05) is 23.4 Å². The van der Waals surface area contributed by atoms with Gasteiger partial charge in [-0.1, -0.05) is 51.9 Å². The van der Waals surface area contributed by atoms with E-state index in [0.717, 1.165) is 9.99 Å². The summed E-state index contributed by atoms with van der Waals surface area (Å²) in [4.78, 5) is 12.6. The van der Waals surface area contributed by atoms with Crippen LogP contribution in [0.15, 0.2) is 18.2 Å². The van der Waals surface area contributed by atoms with Crippen molar-refractivity contribution < 1.29 is 14.6 Å². The van der Waals surface area contributed by atoms with E-state index in [2.05, 4.69) is 22.6 Å². The van der Waals surface area contributed by atoms with Crippen LogP contribution in [0.5, 0.6) is 0 Å². The number of benzene rings is 1. The second-order valence-electron chi connectivity index (χ2n) is 4.57. The van der Waals surface area contributed by atoms with Crippen LogP contribution < -0.4 is 0 Å². The van der Waals surface area contributed by atoms with Crippen molar-refractivity contribution in [3.8, 4) is 0 Å². The van der Waals surface area contributed by atoms with E-state index < -0.39 is 6.09 Å². The Labute approximate surface area is 141 Å². The Morgan fingerprint density at radius 1 is 1.45 bits per heavy atom. The average molecular weight is 430 g/mol. The number of rotatable bonds is 2. The maximum absolute atomic E-state index is 11.2. The van der Waals surface area contributed by atoms with Crippen LogP contribution in [0.1, 0.15) is 11.5 Å². The Morgan fingerprint density at radius 3 is 2.80 bits per heavy atom. The minimum Gasteiger partial charge on any atom is -0.465 e. The molecule has 1 amide bonds. The first-order chi connectivity index (χ1) is 9.52. The lowest BCUT2D eigenvalue weighted by Gasteiger charge is -2.26. The molecule has 1 aliphatic heterocycles. The van der Waals surface area contributed by atoms with Crippen LogP contribution in [-0.4, -0.2) is 46.3 Å². The van der Waals surface area contributed by atoms with Gasteiger partial charge in [0.1, 0.15) is 0 Å². The predicted molar refractivity (Wildman–Crippen MR) is 87.4 cm³/mol. The monoisotopic (exact) mass is 429 g/mol. The molecule has 0 bridgehead atoms. The molecule has 1 heterocycles. The summed E-state index contributed by atoms with van der Waals surface area (Å²) in [7, 11) is 0. The number of ether oxygens (including phenoxy) is 1. The summed E-state index contributed by atoms with van der Waals surface area (Å²) in [5, 5.41) is 10.2. The van der Waals surface area contributed by atoms with E-state index >= 15 is 0 Å². The average Bonchev–Trinajstić information content (AvgIpc) is 2.64. The Kier molecular flexibility index (Phi) is 5.77. The maximum Gasteiger partial charge on any atom is 0.407 e. The highest BCUT2D eigenvalue weighted by molar-refractivity contribution is 14.1. The number of amides is 1. The summed E-state index contributed by atoms with van der Waals surface area (Å²) in [5.41, 5.74) is 0.953. The van der Waals surface area contributed by atoms with Crippen molar-refractivity contribution in [1.29, 1.82) is 0 Å². The lowest BCUT2D eigenvalue weighted by Crippen LogP contribution is -2.35. The van der Waals surface area contributed by atoms with Gasteiger partial charge in [-0.15, -0.1) is 0 Å². The Balaban J connectivity index is 2.31. The first-order valence-corrected chi connectivity index (χ1v) is 8.41. The molecule has 0 spiro atoms. The molecule has 0 aromatic heterocycles. The highest BCUT2D eigenvalue weighted by Gasteiger charge is 2.30. The van der Waals surface area contributed by atoms with Gasteiger partial charge in [-0.05, 0) is 17.7 Å². The molecular formula is C13H14Cl2INO3. The normalized spacial score (nSPS) is 23.4. The van der Waals surface area contributed by atoms with Crippen LogP contribution in [0.25, 0.3) is 0 Å². The molecule has 0 saturated carbocycles. The van der Waals surface area contributed by atoms with Gasteiger partial charge >= 0.3 is 6.09 Å². The van der Waals surface area contributed by atoms with Gasteiger partial charge in [-0.2, -0.15) is 0 Å². The van der Waals surface area contributed by atoms with E-state index in [1.165, 1.54) is 4.90 Å². The molecule has 2 rings (SSSR count). The highest BCUT2D eigenvalue weighted by Crippen LogP contribution is 2.31. The van der Waals surface area contributed by atoms with Crippen molar-refractivity contribution in [2.75, 3.05) is 24.1 Å². The molecule has 1 saturated heterocycles. The summed E-state index contributed by atoms with van der Waals surface area (Å²) in [6.07, 6.45) is -0.954. The van der Waals surface area contributed by atoms with Gasteiger partial charge in [0.15, 0.2) is 0 Å². The number of nitrogens with zero attached hydrogens (tertiary/aromatic N) is 1. The second kappa shape index (κ2) is 7.15. The summed E-state index contributed by atoms with van der Waals surface area (Å²) in [6.45, 7) is 1.21. The van der Waals surface area contributed by atoms with Crippen molar-refractivity contribution in [3.05, 3.63) is 33.8 Å². The van der Waals surface area contributed by atoms with Crippen molar-refractivity contribution >= 4 is 51.9 Å². The smallest absolute Gasteiger partial charge is 0.407 e. The van der Waals surface area contributed by atoms with Crippen molar-refractivity contribution in [2.45, 2.75) is 12.0 Å². The van der Waals surface area contributed by atoms with E-state index in [1.54, 1.807) is 12.1 Å². The van der Waals surface area contributed by atoms with Crippen molar-refractivity contribution in [2.24, 2.45) is 0 Å². The highest BCUT2D eigenvalue weighted by atomic mass is 127. The molecular weight excluding hydrogens is 416 g/mol. The van der Waals surface area contributed by atoms with Gasteiger partial charge in [0.05, 0.1) is 22.8 Å². The van der Waals surface area contributed by atoms with Gasteiger partial charge in [-0.3, -0.25) is 0 Å². The Bertz CT molecular complexity index is 501. The molecule has 0 radical (unpaired) electrons. The number of carbonyl (C=O) groups is 1. The van der Waals surface area contributed by atoms with Crippen LogP contribution >= 0.6 is 45.8 Å². The van der Waals surface area contributed by atoms with Gasteiger partial charge in [0.2, 0.25) is 0 Å². The first-order valence-electron chi connectivity index (χ1n) is 6.13. The topological polar surface area (TPSA) is 49.8 Å². The molecule has 1 N–H and O–H groups in total. The molecule has 1 aliphatic rings. The zero-order valence-corrected chi connectivity index (χ0v) is 14.2. The SMILES string of the molecule is O=C(O)N1CCOC(CI)C(c2ccc(Cl)c(Cl)c2)C1. The van der Waals surface area contributed by atoms with E-state index in [1.807, 2.05) is 6.07 Å². The van der Waals surface area contributed by atoms with Crippen LogP contribution in [0.3, 0.4) is 0 Å². The summed E-state index contributed by atoms with van der Waals surface area (Å²) in [5.74, 6) is -0.0414. The first kappa shape index (κ1) is 16.1. The number of hydrogen-bond acceptors (Lipinski definition) is 2. The number of alkyl halides is 1. The molecule has 2 atom stereocenters. The molecule has 1 aromatic rings. The summed E-state index contributed by atoms with van der Waals surface area (Å²) in [6, 6.07) is 5.41.